The molecule has 88 valence electrons. The van der Waals surface area contributed by atoms with E-state index in [9.17, 15) is 4.79 Å². The molecule has 2 N–H and O–H groups in total. The summed E-state index contributed by atoms with van der Waals surface area (Å²) in [7, 11) is 0. The molecule has 1 aliphatic rings. The maximum absolute atomic E-state index is 11.8. The van der Waals surface area contributed by atoms with Crippen LogP contribution in [0, 0.1) is 0 Å². The van der Waals surface area contributed by atoms with Crippen molar-refractivity contribution in [1.29, 1.82) is 0 Å². The Balaban J connectivity index is 2.24. The number of carbonyl (C=O) groups is 1. The van der Waals surface area contributed by atoms with Crippen molar-refractivity contribution in [1.82, 2.24) is 10.2 Å². The third-order valence-electron chi connectivity index (χ3n) is 2.53. The molecule has 1 saturated heterocycles. The van der Waals surface area contributed by atoms with Gasteiger partial charge in [-0.15, -0.1) is 0 Å². The Labute approximate surface area is 90.4 Å². The van der Waals surface area contributed by atoms with Crippen LogP contribution in [0.5, 0.6) is 0 Å². The second-order valence-corrected chi connectivity index (χ2v) is 3.58. The molecule has 1 amide bonds. The molecule has 0 saturated carbocycles. The van der Waals surface area contributed by atoms with Gasteiger partial charge in [0.1, 0.15) is 0 Å². The van der Waals surface area contributed by atoms with E-state index in [-0.39, 0.29) is 18.6 Å². The number of nitrogens with zero attached hydrogens (tertiary/aromatic N) is 1. The summed E-state index contributed by atoms with van der Waals surface area (Å²) in [5, 5.41) is 11.7. The number of carbonyl (C=O) groups excluding carboxylic acids is 1. The van der Waals surface area contributed by atoms with Gasteiger partial charge in [0, 0.05) is 19.6 Å². The van der Waals surface area contributed by atoms with E-state index in [4.69, 9.17) is 9.84 Å². The van der Waals surface area contributed by atoms with E-state index in [0.29, 0.717) is 19.8 Å². The first-order valence-corrected chi connectivity index (χ1v) is 5.50. The molecule has 1 rings (SSSR count). The third kappa shape index (κ3) is 3.77. The van der Waals surface area contributed by atoms with Crippen LogP contribution >= 0.6 is 0 Å². The molecule has 1 heterocycles. The fourth-order valence-corrected chi connectivity index (χ4v) is 1.67. The SMILES string of the molecule is CCC1NCCN(CCOCCO)C1=O. The van der Waals surface area contributed by atoms with E-state index >= 15 is 0 Å². The molecule has 0 aromatic rings. The Hall–Kier alpha value is -0.650. The normalized spacial score (nSPS) is 22.1. The maximum Gasteiger partial charge on any atom is 0.239 e. The van der Waals surface area contributed by atoms with Gasteiger partial charge >= 0.3 is 0 Å². The molecule has 1 unspecified atom stereocenters. The van der Waals surface area contributed by atoms with Crippen molar-refractivity contribution in [3.05, 3.63) is 0 Å². The second kappa shape index (κ2) is 6.76. The van der Waals surface area contributed by atoms with Crippen LogP contribution in [0.25, 0.3) is 0 Å². The summed E-state index contributed by atoms with van der Waals surface area (Å²) >= 11 is 0. The van der Waals surface area contributed by atoms with E-state index in [1.807, 2.05) is 11.8 Å². The van der Waals surface area contributed by atoms with Gasteiger partial charge in [-0.25, -0.2) is 0 Å². The van der Waals surface area contributed by atoms with Gasteiger partial charge < -0.3 is 20.1 Å². The number of nitrogens with one attached hydrogen (secondary N) is 1. The summed E-state index contributed by atoms with van der Waals surface area (Å²) in [6, 6.07) is -0.0309. The lowest BCUT2D eigenvalue weighted by molar-refractivity contribution is -0.136. The number of rotatable bonds is 6. The van der Waals surface area contributed by atoms with Crippen LogP contribution in [-0.2, 0) is 9.53 Å². The first-order valence-electron chi connectivity index (χ1n) is 5.50. The minimum absolute atomic E-state index is 0.0309. The zero-order valence-corrected chi connectivity index (χ0v) is 9.24. The molecule has 1 aliphatic heterocycles. The number of hydrogen-bond donors (Lipinski definition) is 2. The summed E-state index contributed by atoms with van der Waals surface area (Å²) in [5.41, 5.74) is 0. The van der Waals surface area contributed by atoms with E-state index in [0.717, 1.165) is 19.5 Å². The average molecular weight is 216 g/mol. The zero-order chi connectivity index (χ0) is 11.1. The lowest BCUT2D eigenvalue weighted by Gasteiger charge is -2.32. The first-order chi connectivity index (χ1) is 7.29. The van der Waals surface area contributed by atoms with Gasteiger partial charge in [0.2, 0.25) is 5.91 Å². The fraction of sp³-hybridized carbons (Fsp3) is 0.900. The number of amides is 1. The monoisotopic (exact) mass is 216 g/mol. The predicted octanol–water partition coefficient (Wildman–Crippen LogP) is -0.794. The summed E-state index contributed by atoms with van der Waals surface area (Å²) in [6.45, 7) is 5.10. The number of aliphatic hydroxyl groups excluding tert-OH is 1. The average Bonchev–Trinajstić information content (AvgIpc) is 2.26. The first kappa shape index (κ1) is 12.4. The highest BCUT2D eigenvalue weighted by atomic mass is 16.5. The lowest BCUT2D eigenvalue weighted by Crippen LogP contribution is -2.55. The molecule has 1 fully saturated rings. The van der Waals surface area contributed by atoms with E-state index in [1.54, 1.807) is 0 Å². The molecule has 0 spiro atoms. The van der Waals surface area contributed by atoms with Crippen LogP contribution in [0.2, 0.25) is 0 Å². The largest absolute Gasteiger partial charge is 0.394 e. The van der Waals surface area contributed by atoms with Crippen LogP contribution in [0.1, 0.15) is 13.3 Å². The van der Waals surface area contributed by atoms with Crippen LogP contribution in [0.4, 0.5) is 0 Å². The number of hydrogen-bond acceptors (Lipinski definition) is 4. The third-order valence-corrected chi connectivity index (χ3v) is 2.53. The minimum Gasteiger partial charge on any atom is -0.394 e. The molecule has 0 radical (unpaired) electrons. The molecule has 1 atom stereocenters. The number of ether oxygens (including phenoxy) is 1. The van der Waals surface area contributed by atoms with Crippen molar-refractivity contribution in [2.75, 3.05) is 39.5 Å². The van der Waals surface area contributed by atoms with Crippen LogP contribution in [0.15, 0.2) is 0 Å². The minimum atomic E-state index is -0.0309. The standard InChI is InChI=1S/C10H20N2O3/c1-2-9-10(14)12(4-3-11-9)5-7-15-8-6-13/h9,11,13H,2-8H2,1H3. The lowest BCUT2D eigenvalue weighted by atomic mass is 10.1. The molecule has 5 nitrogen and oxygen atoms in total. The summed E-state index contributed by atoms with van der Waals surface area (Å²) < 4.78 is 5.14. The molecule has 0 aromatic heterocycles. The quantitative estimate of drug-likeness (QED) is 0.571. The predicted molar refractivity (Wildman–Crippen MR) is 56.6 cm³/mol. The Morgan fingerprint density at radius 3 is 3.07 bits per heavy atom. The Bertz CT molecular complexity index is 199. The summed E-state index contributed by atoms with van der Waals surface area (Å²) in [6.07, 6.45) is 0.826. The Morgan fingerprint density at radius 2 is 2.40 bits per heavy atom. The van der Waals surface area contributed by atoms with Gasteiger partial charge in [0.15, 0.2) is 0 Å². The summed E-state index contributed by atoms with van der Waals surface area (Å²) in [4.78, 5) is 13.6. The van der Waals surface area contributed by atoms with Crippen LogP contribution in [0.3, 0.4) is 0 Å². The van der Waals surface area contributed by atoms with Gasteiger partial charge in [-0.1, -0.05) is 6.92 Å². The highest BCUT2D eigenvalue weighted by Gasteiger charge is 2.26. The van der Waals surface area contributed by atoms with Crippen molar-refractivity contribution in [3.8, 4) is 0 Å². The van der Waals surface area contributed by atoms with Crippen LogP contribution in [-0.4, -0.2) is 61.4 Å². The molecular weight excluding hydrogens is 196 g/mol. The Morgan fingerprint density at radius 1 is 1.60 bits per heavy atom. The van der Waals surface area contributed by atoms with Crippen LogP contribution < -0.4 is 5.32 Å². The smallest absolute Gasteiger partial charge is 0.239 e. The second-order valence-electron chi connectivity index (χ2n) is 3.58. The summed E-state index contributed by atoms with van der Waals surface area (Å²) in [5.74, 6) is 0.163. The van der Waals surface area contributed by atoms with Crippen molar-refractivity contribution < 1.29 is 14.6 Å². The van der Waals surface area contributed by atoms with E-state index in [2.05, 4.69) is 5.32 Å². The molecule has 5 heteroatoms. The molecule has 0 aliphatic carbocycles. The van der Waals surface area contributed by atoms with Gasteiger partial charge in [-0.05, 0) is 6.42 Å². The van der Waals surface area contributed by atoms with Crippen molar-refractivity contribution in [2.24, 2.45) is 0 Å². The molecule has 0 aromatic carbocycles. The van der Waals surface area contributed by atoms with Crippen molar-refractivity contribution >= 4 is 5.91 Å². The maximum atomic E-state index is 11.8. The van der Waals surface area contributed by atoms with Gasteiger partial charge in [0.05, 0.1) is 25.9 Å². The number of aliphatic hydroxyl groups is 1. The molecule has 15 heavy (non-hydrogen) atoms. The number of piperazine rings is 1. The highest BCUT2D eigenvalue weighted by Crippen LogP contribution is 2.04. The van der Waals surface area contributed by atoms with Gasteiger partial charge in [0.25, 0.3) is 0 Å². The van der Waals surface area contributed by atoms with Gasteiger partial charge in [-0.2, -0.15) is 0 Å². The highest BCUT2D eigenvalue weighted by molar-refractivity contribution is 5.82. The fourth-order valence-electron chi connectivity index (χ4n) is 1.67. The zero-order valence-electron chi connectivity index (χ0n) is 9.24. The van der Waals surface area contributed by atoms with E-state index < -0.39 is 0 Å². The molecule has 0 bridgehead atoms. The Kier molecular flexibility index (Phi) is 5.60. The molecular formula is C10H20N2O3. The topological polar surface area (TPSA) is 61.8 Å². The van der Waals surface area contributed by atoms with Crippen molar-refractivity contribution in [2.45, 2.75) is 19.4 Å². The van der Waals surface area contributed by atoms with E-state index in [1.165, 1.54) is 0 Å². The van der Waals surface area contributed by atoms with Gasteiger partial charge in [-0.3, -0.25) is 4.79 Å². The van der Waals surface area contributed by atoms with Crippen molar-refractivity contribution in [3.63, 3.8) is 0 Å².